The summed E-state index contributed by atoms with van der Waals surface area (Å²) in [6.45, 7) is 1.66. The lowest BCUT2D eigenvalue weighted by Gasteiger charge is -2.16. The third kappa shape index (κ3) is 4.11. The van der Waals surface area contributed by atoms with Gasteiger partial charge in [0.1, 0.15) is 6.04 Å². The fourth-order valence-electron chi connectivity index (χ4n) is 1.55. The van der Waals surface area contributed by atoms with E-state index < -0.39 is 18.1 Å². The zero-order chi connectivity index (χ0) is 14.4. The molecule has 0 aromatic heterocycles. The SMILES string of the molecule is COc1ccc(C(O)CNC(C)C(=O)O)cc1OC. The fourth-order valence-corrected chi connectivity index (χ4v) is 1.55. The first-order chi connectivity index (χ1) is 8.99. The predicted octanol–water partition coefficient (Wildman–Crippen LogP) is 0.800. The van der Waals surface area contributed by atoms with Gasteiger partial charge in [-0.2, -0.15) is 0 Å². The van der Waals surface area contributed by atoms with Crippen molar-refractivity contribution >= 4 is 5.97 Å². The van der Waals surface area contributed by atoms with Gasteiger partial charge in [0, 0.05) is 6.54 Å². The van der Waals surface area contributed by atoms with Crippen molar-refractivity contribution in [2.24, 2.45) is 0 Å². The molecule has 0 spiro atoms. The van der Waals surface area contributed by atoms with Gasteiger partial charge in [0.2, 0.25) is 0 Å². The van der Waals surface area contributed by atoms with Gasteiger partial charge in [0.25, 0.3) is 0 Å². The van der Waals surface area contributed by atoms with E-state index in [1.54, 1.807) is 18.2 Å². The monoisotopic (exact) mass is 269 g/mol. The first-order valence-electron chi connectivity index (χ1n) is 5.85. The molecule has 0 amide bonds. The molecule has 0 aliphatic carbocycles. The number of hydrogen-bond acceptors (Lipinski definition) is 5. The van der Waals surface area contributed by atoms with Gasteiger partial charge in [-0.15, -0.1) is 0 Å². The maximum Gasteiger partial charge on any atom is 0.320 e. The van der Waals surface area contributed by atoms with Crippen molar-refractivity contribution in [2.75, 3.05) is 20.8 Å². The molecule has 0 bridgehead atoms. The van der Waals surface area contributed by atoms with E-state index in [-0.39, 0.29) is 6.54 Å². The second-order valence-corrected chi connectivity index (χ2v) is 4.10. The summed E-state index contributed by atoms with van der Waals surface area (Å²) in [5.41, 5.74) is 0.628. The van der Waals surface area contributed by atoms with Crippen LogP contribution in [0.2, 0.25) is 0 Å². The molecular formula is C13H19NO5. The summed E-state index contributed by atoms with van der Waals surface area (Å²) in [5, 5.41) is 21.4. The van der Waals surface area contributed by atoms with Crippen LogP contribution in [0.3, 0.4) is 0 Å². The summed E-state index contributed by atoms with van der Waals surface area (Å²) in [4.78, 5) is 10.7. The molecule has 6 nitrogen and oxygen atoms in total. The van der Waals surface area contributed by atoms with E-state index in [9.17, 15) is 9.90 Å². The summed E-state index contributed by atoms with van der Waals surface area (Å²) in [5.74, 6) is 0.134. The fraction of sp³-hybridized carbons (Fsp3) is 0.462. The van der Waals surface area contributed by atoms with Gasteiger partial charge in [0.15, 0.2) is 11.5 Å². The zero-order valence-electron chi connectivity index (χ0n) is 11.2. The van der Waals surface area contributed by atoms with Crippen LogP contribution in [-0.4, -0.2) is 43.0 Å². The molecule has 1 rings (SSSR count). The summed E-state index contributed by atoms with van der Waals surface area (Å²) in [7, 11) is 3.04. The number of aliphatic carboxylic acids is 1. The number of ether oxygens (including phenoxy) is 2. The molecule has 0 aliphatic heterocycles. The number of methoxy groups -OCH3 is 2. The molecular weight excluding hydrogens is 250 g/mol. The average molecular weight is 269 g/mol. The smallest absolute Gasteiger partial charge is 0.320 e. The number of aliphatic hydroxyl groups is 1. The topological polar surface area (TPSA) is 88.0 Å². The molecule has 2 atom stereocenters. The molecule has 0 saturated heterocycles. The number of benzene rings is 1. The average Bonchev–Trinajstić information content (AvgIpc) is 2.43. The molecule has 0 heterocycles. The zero-order valence-corrected chi connectivity index (χ0v) is 11.2. The van der Waals surface area contributed by atoms with Crippen LogP contribution in [-0.2, 0) is 4.79 Å². The second kappa shape index (κ2) is 6.96. The van der Waals surface area contributed by atoms with Crippen molar-refractivity contribution < 1.29 is 24.5 Å². The maximum absolute atomic E-state index is 10.7. The van der Waals surface area contributed by atoms with E-state index in [1.165, 1.54) is 21.1 Å². The third-order valence-corrected chi connectivity index (χ3v) is 2.78. The van der Waals surface area contributed by atoms with Crippen molar-refractivity contribution in [3.8, 4) is 11.5 Å². The number of rotatable bonds is 7. The van der Waals surface area contributed by atoms with E-state index in [0.29, 0.717) is 17.1 Å². The Morgan fingerprint density at radius 3 is 2.47 bits per heavy atom. The van der Waals surface area contributed by atoms with Crippen LogP contribution in [0.4, 0.5) is 0 Å². The number of hydrogen-bond donors (Lipinski definition) is 3. The normalized spacial score (nSPS) is 13.7. The molecule has 0 aliphatic rings. The van der Waals surface area contributed by atoms with Gasteiger partial charge in [-0.05, 0) is 24.6 Å². The van der Waals surface area contributed by atoms with Crippen molar-refractivity contribution in [2.45, 2.75) is 19.1 Å². The summed E-state index contributed by atoms with van der Waals surface area (Å²) in [6.07, 6.45) is -0.818. The van der Waals surface area contributed by atoms with Crippen LogP contribution < -0.4 is 14.8 Å². The minimum atomic E-state index is -0.959. The van der Waals surface area contributed by atoms with E-state index >= 15 is 0 Å². The van der Waals surface area contributed by atoms with Gasteiger partial charge in [0.05, 0.1) is 20.3 Å². The highest BCUT2D eigenvalue weighted by atomic mass is 16.5. The van der Waals surface area contributed by atoms with Gasteiger partial charge in [-0.1, -0.05) is 6.07 Å². The minimum absolute atomic E-state index is 0.142. The number of carboxylic acid groups (broad SMARTS) is 1. The molecule has 106 valence electrons. The first kappa shape index (κ1) is 15.3. The largest absolute Gasteiger partial charge is 0.493 e. The van der Waals surface area contributed by atoms with Crippen LogP contribution in [0.15, 0.2) is 18.2 Å². The van der Waals surface area contributed by atoms with Gasteiger partial charge in [-0.3, -0.25) is 4.79 Å². The Balaban J connectivity index is 2.71. The molecule has 0 radical (unpaired) electrons. The van der Waals surface area contributed by atoms with Crippen molar-refractivity contribution in [3.63, 3.8) is 0 Å². The van der Waals surface area contributed by atoms with Crippen molar-refractivity contribution in [3.05, 3.63) is 23.8 Å². The minimum Gasteiger partial charge on any atom is -0.493 e. The predicted molar refractivity (Wildman–Crippen MR) is 69.6 cm³/mol. The third-order valence-electron chi connectivity index (χ3n) is 2.78. The van der Waals surface area contributed by atoms with Gasteiger partial charge < -0.3 is 25.0 Å². The van der Waals surface area contributed by atoms with Crippen molar-refractivity contribution in [1.29, 1.82) is 0 Å². The summed E-state index contributed by atoms with van der Waals surface area (Å²) < 4.78 is 10.2. The van der Waals surface area contributed by atoms with E-state index in [0.717, 1.165) is 0 Å². The lowest BCUT2D eigenvalue weighted by molar-refractivity contribution is -0.139. The number of nitrogens with one attached hydrogen (secondary N) is 1. The summed E-state index contributed by atoms with van der Waals surface area (Å²) >= 11 is 0. The summed E-state index contributed by atoms with van der Waals surface area (Å²) in [6, 6.07) is 4.35. The molecule has 2 unspecified atom stereocenters. The van der Waals surface area contributed by atoms with Crippen molar-refractivity contribution in [1.82, 2.24) is 5.32 Å². The number of carbonyl (C=O) groups is 1. The molecule has 19 heavy (non-hydrogen) atoms. The molecule has 6 heteroatoms. The Morgan fingerprint density at radius 2 is 1.95 bits per heavy atom. The van der Waals surface area contributed by atoms with Gasteiger partial charge >= 0.3 is 5.97 Å². The molecule has 1 aromatic rings. The number of carboxylic acids is 1. The Hall–Kier alpha value is -1.79. The standard InChI is InChI=1S/C13H19NO5/c1-8(13(16)17)14-7-10(15)9-4-5-11(18-2)12(6-9)19-3/h4-6,8,10,14-15H,7H2,1-3H3,(H,16,17). The van der Waals surface area contributed by atoms with Crippen LogP contribution in [0.5, 0.6) is 11.5 Å². The molecule has 3 N–H and O–H groups in total. The maximum atomic E-state index is 10.7. The molecule has 0 saturated carbocycles. The molecule has 1 aromatic carbocycles. The highest BCUT2D eigenvalue weighted by molar-refractivity contribution is 5.72. The lowest BCUT2D eigenvalue weighted by Crippen LogP contribution is -2.36. The van der Waals surface area contributed by atoms with Gasteiger partial charge in [-0.25, -0.2) is 0 Å². The first-order valence-corrected chi connectivity index (χ1v) is 5.85. The van der Waals surface area contributed by atoms with Crippen LogP contribution in [0.25, 0.3) is 0 Å². The highest BCUT2D eigenvalue weighted by Crippen LogP contribution is 2.29. The number of aliphatic hydroxyl groups excluding tert-OH is 1. The second-order valence-electron chi connectivity index (χ2n) is 4.10. The van der Waals surface area contributed by atoms with E-state index in [1.807, 2.05) is 0 Å². The Kier molecular flexibility index (Phi) is 5.59. The van der Waals surface area contributed by atoms with E-state index in [2.05, 4.69) is 5.32 Å². The Bertz CT molecular complexity index is 435. The quantitative estimate of drug-likeness (QED) is 0.678. The Labute approximate surface area is 112 Å². The lowest BCUT2D eigenvalue weighted by atomic mass is 10.1. The van der Waals surface area contributed by atoms with Crippen LogP contribution >= 0.6 is 0 Å². The highest BCUT2D eigenvalue weighted by Gasteiger charge is 2.15. The van der Waals surface area contributed by atoms with Crippen LogP contribution in [0, 0.1) is 0 Å². The van der Waals surface area contributed by atoms with E-state index in [4.69, 9.17) is 14.6 Å². The van der Waals surface area contributed by atoms with Crippen LogP contribution in [0.1, 0.15) is 18.6 Å². The Morgan fingerprint density at radius 1 is 1.32 bits per heavy atom. The molecule has 0 fully saturated rings.